The average molecular weight is 315 g/mol. The first-order valence-corrected chi connectivity index (χ1v) is 7.52. The molecule has 7 heteroatoms. The van der Waals surface area contributed by atoms with Crippen LogP contribution in [-0.4, -0.2) is 40.4 Å². The summed E-state index contributed by atoms with van der Waals surface area (Å²) in [5, 5.41) is 6.25. The second kappa shape index (κ2) is 5.49. The number of ether oxygens (including phenoxy) is 1. The number of hydrogen-bond donors (Lipinski definition) is 2. The van der Waals surface area contributed by atoms with Gasteiger partial charge in [-0.1, -0.05) is 12.1 Å². The summed E-state index contributed by atoms with van der Waals surface area (Å²) >= 11 is 0. The summed E-state index contributed by atoms with van der Waals surface area (Å²) in [7, 11) is 0. The number of hydrazine groups is 1. The zero-order valence-corrected chi connectivity index (χ0v) is 13.5. The van der Waals surface area contributed by atoms with Gasteiger partial charge in [0.2, 0.25) is 0 Å². The normalized spacial score (nSPS) is 17.2. The molecule has 0 fully saturated rings. The van der Waals surface area contributed by atoms with Crippen LogP contribution < -0.4 is 11.3 Å². The SMILES string of the molecule is CC(C)(C)OC(=O)N1C=C2C(c3cccc(N)c3)=NNN2CC1. The van der Waals surface area contributed by atoms with Crippen LogP contribution in [0.2, 0.25) is 0 Å². The number of rotatable bonds is 1. The van der Waals surface area contributed by atoms with E-state index in [1.165, 1.54) is 0 Å². The molecule has 0 spiro atoms. The molecule has 0 unspecified atom stereocenters. The van der Waals surface area contributed by atoms with Gasteiger partial charge in [-0.25, -0.2) is 10.3 Å². The number of allylic oxidation sites excluding steroid dienone is 1. The van der Waals surface area contributed by atoms with E-state index >= 15 is 0 Å². The van der Waals surface area contributed by atoms with Crippen LogP contribution in [0.25, 0.3) is 0 Å². The van der Waals surface area contributed by atoms with Crippen LogP contribution in [-0.2, 0) is 4.74 Å². The molecular weight excluding hydrogens is 294 g/mol. The summed E-state index contributed by atoms with van der Waals surface area (Å²) in [5.74, 6) is 0. The number of nitrogen functional groups attached to an aromatic ring is 1. The molecule has 7 nitrogen and oxygen atoms in total. The van der Waals surface area contributed by atoms with Gasteiger partial charge in [0.25, 0.3) is 0 Å². The third-order valence-electron chi connectivity index (χ3n) is 3.45. The third kappa shape index (κ3) is 3.23. The summed E-state index contributed by atoms with van der Waals surface area (Å²) in [6, 6.07) is 7.50. The Hall–Kier alpha value is -2.70. The Morgan fingerprint density at radius 3 is 2.83 bits per heavy atom. The van der Waals surface area contributed by atoms with Crippen molar-refractivity contribution in [3.63, 3.8) is 0 Å². The fourth-order valence-corrected chi connectivity index (χ4v) is 2.43. The molecule has 2 aliphatic heterocycles. The number of nitrogens with one attached hydrogen (secondary N) is 1. The monoisotopic (exact) mass is 315 g/mol. The van der Waals surface area contributed by atoms with Crippen LogP contribution in [0.3, 0.4) is 0 Å². The Kier molecular flexibility index (Phi) is 3.63. The van der Waals surface area contributed by atoms with Gasteiger partial charge in [-0.3, -0.25) is 9.91 Å². The molecule has 0 bridgehead atoms. The van der Waals surface area contributed by atoms with Crippen molar-refractivity contribution in [3.8, 4) is 0 Å². The Bertz CT molecular complexity index is 690. The lowest BCUT2D eigenvalue weighted by Gasteiger charge is -2.32. The molecule has 122 valence electrons. The zero-order chi connectivity index (χ0) is 16.6. The Morgan fingerprint density at radius 1 is 1.35 bits per heavy atom. The predicted octanol–water partition coefficient (Wildman–Crippen LogP) is 1.89. The van der Waals surface area contributed by atoms with Crippen molar-refractivity contribution in [1.29, 1.82) is 0 Å². The molecule has 0 atom stereocenters. The lowest BCUT2D eigenvalue weighted by molar-refractivity contribution is 0.0296. The van der Waals surface area contributed by atoms with E-state index < -0.39 is 5.60 Å². The quantitative estimate of drug-likeness (QED) is 0.773. The van der Waals surface area contributed by atoms with Crippen LogP contribution in [0.15, 0.2) is 41.3 Å². The van der Waals surface area contributed by atoms with Crippen LogP contribution in [0.4, 0.5) is 10.5 Å². The molecule has 2 heterocycles. The minimum absolute atomic E-state index is 0.358. The number of carbonyl (C=O) groups excluding carboxylic acids is 1. The fraction of sp³-hybridized carbons (Fsp3) is 0.375. The van der Waals surface area contributed by atoms with Crippen molar-refractivity contribution in [1.82, 2.24) is 15.4 Å². The lowest BCUT2D eigenvalue weighted by atomic mass is 10.1. The minimum atomic E-state index is -0.522. The van der Waals surface area contributed by atoms with Crippen LogP contribution >= 0.6 is 0 Å². The Labute approximate surface area is 135 Å². The molecule has 1 aromatic rings. The summed E-state index contributed by atoms with van der Waals surface area (Å²) in [4.78, 5) is 13.8. The summed E-state index contributed by atoms with van der Waals surface area (Å²) in [6.45, 7) is 6.71. The van der Waals surface area contributed by atoms with E-state index in [0.29, 0.717) is 18.8 Å². The molecule has 1 amide bonds. The van der Waals surface area contributed by atoms with Crippen molar-refractivity contribution < 1.29 is 9.53 Å². The van der Waals surface area contributed by atoms with Gasteiger partial charge in [0.05, 0.1) is 6.54 Å². The Morgan fingerprint density at radius 2 is 2.13 bits per heavy atom. The predicted molar refractivity (Wildman–Crippen MR) is 88.3 cm³/mol. The molecular formula is C16H21N5O2. The van der Waals surface area contributed by atoms with Gasteiger partial charge in [-0.05, 0) is 32.9 Å². The van der Waals surface area contributed by atoms with Crippen LogP contribution in [0.1, 0.15) is 26.3 Å². The maximum atomic E-state index is 12.3. The summed E-state index contributed by atoms with van der Waals surface area (Å²) in [6.07, 6.45) is 1.41. The van der Waals surface area contributed by atoms with E-state index in [4.69, 9.17) is 10.5 Å². The highest BCUT2D eigenvalue weighted by atomic mass is 16.6. The first-order chi connectivity index (χ1) is 10.8. The maximum absolute atomic E-state index is 12.3. The maximum Gasteiger partial charge on any atom is 0.414 e. The van der Waals surface area contributed by atoms with E-state index in [2.05, 4.69) is 10.6 Å². The van der Waals surface area contributed by atoms with Gasteiger partial charge < -0.3 is 10.5 Å². The van der Waals surface area contributed by atoms with Gasteiger partial charge in [-0.2, -0.15) is 5.10 Å². The molecule has 3 rings (SSSR count). The molecule has 0 radical (unpaired) electrons. The number of nitrogens with zero attached hydrogens (tertiary/aromatic N) is 3. The Balaban J connectivity index is 1.85. The second-order valence-electron chi connectivity index (χ2n) is 6.53. The molecule has 23 heavy (non-hydrogen) atoms. The van der Waals surface area contributed by atoms with Crippen molar-refractivity contribution in [2.24, 2.45) is 5.10 Å². The van der Waals surface area contributed by atoms with Crippen molar-refractivity contribution in [3.05, 3.63) is 41.7 Å². The van der Waals surface area contributed by atoms with E-state index in [1.54, 1.807) is 11.1 Å². The van der Waals surface area contributed by atoms with Crippen molar-refractivity contribution in [2.45, 2.75) is 26.4 Å². The number of carbonyl (C=O) groups is 1. The van der Waals surface area contributed by atoms with Crippen molar-refractivity contribution in [2.75, 3.05) is 18.8 Å². The van der Waals surface area contributed by atoms with Crippen LogP contribution in [0, 0.1) is 0 Å². The highest BCUT2D eigenvalue weighted by molar-refractivity contribution is 6.13. The van der Waals surface area contributed by atoms with Gasteiger partial charge in [-0.15, -0.1) is 0 Å². The van der Waals surface area contributed by atoms with E-state index in [-0.39, 0.29) is 6.09 Å². The average Bonchev–Trinajstić information content (AvgIpc) is 2.88. The smallest absolute Gasteiger partial charge is 0.414 e. The number of fused-ring (bicyclic) bond motifs is 1. The van der Waals surface area contributed by atoms with Gasteiger partial charge in [0, 0.05) is 24.0 Å². The van der Waals surface area contributed by atoms with Crippen molar-refractivity contribution >= 4 is 17.5 Å². The second-order valence-corrected chi connectivity index (χ2v) is 6.53. The number of anilines is 1. The molecule has 0 saturated heterocycles. The van der Waals surface area contributed by atoms with E-state index in [1.807, 2.05) is 50.0 Å². The standard InChI is InChI=1S/C16H21N5O2/c1-16(2,3)23-15(22)20-7-8-21-13(10-20)14(18-19-21)11-5-4-6-12(17)9-11/h4-6,9-10,19H,7-8,17H2,1-3H3. The molecule has 0 aliphatic carbocycles. The molecule has 2 aliphatic rings. The number of hydrazone groups is 1. The zero-order valence-electron chi connectivity index (χ0n) is 13.5. The summed E-state index contributed by atoms with van der Waals surface area (Å²) < 4.78 is 5.43. The number of nitrogens with two attached hydrogens (primary N) is 1. The fourth-order valence-electron chi connectivity index (χ4n) is 2.43. The minimum Gasteiger partial charge on any atom is -0.443 e. The number of hydrogen-bond acceptors (Lipinski definition) is 6. The lowest BCUT2D eigenvalue weighted by Crippen LogP contribution is -2.45. The summed E-state index contributed by atoms with van der Waals surface area (Å²) in [5.41, 5.74) is 11.4. The van der Waals surface area contributed by atoms with Gasteiger partial charge in [0.15, 0.2) is 0 Å². The number of benzene rings is 1. The van der Waals surface area contributed by atoms with Gasteiger partial charge in [0.1, 0.15) is 17.0 Å². The van der Waals surface area contributed by atoms with Gasteiger partial charge >= 0.3 is 6.09 Å². The third-order valence-corrected chi connectivity index (χ3v) is 3.45. The number of amides is 1. The largest absolute Gasteiger partial charge is 0.443 e. The highest BCUT2D eigenvalue weighted by Gasteiger charge is 2.31. The topological polar surface area (TPSA) is 83.2 Å². The molecule has 0 aromatic heterocycles. The van der Waals surface area contributed by atoms with E-state index in [9.17, 15) is 4.79 Å². The first-order valence-electron chi connectivity index (χ1n) is 7.52. The van der Waals surface area contributed by atoms with Crippen LogP contribution in [0.5, 0.6) is 0 Å². The van der Waals surface area contributed by atoms with E-state index in [0.717, 1.165) is 17.0 Å². The first kappa shape index (κ1) is 15.2. The molecule has 3 N–H and O–H groups in total. The highest BCUT2D eigenvalue weighted by Crippen LogP contribution is 2.23. The molecule has 1 aromatic carbocycles. The molecule has 0 saturated carbocycles.